The Labute approximate surface area is 117 Å². The molecule has 0 heterocycles. The molecule has 0 rings (SSSR count). The predicted octanol–water partition coefficient (Wildman–Crippen LogP) is 3.45. The van der Waals surface area contributed by atoms with Gasteiger partial charge in [0.15, 0.2) is 0 Å². The quantitative estimate of drug-likeness (QED) is 0.653. The minimum Gasteiger partial charge on any atom is -0.480 e. The van der Waals surface area contributed by atoms with Gasteiger partial charge in [-0.15, -0.1) is 0 Å². The van der Waals surface area contributed by atoms with Crippen LogP contribution in [0.1, 0.15) is 73.1 Å². The van der Waals surface area contributed by atoms with Crippen molar-refractivity contribution >= 4 is 11.9 Å². The smallest absolute Gasteiger partial charge is 0.329 e. The van der Waals surface area contributed by atoms with Crippen molar-refractivity contribution in [3.05, 3.63) is 0 Å². The normalized spacial score (nSPS) is 14.2. The van der Waals surface area contributed by atoms with Crippen LogP contribution in [0.2, 0.25) is 0 Å². The number of hydrogen-bond acceptors (Lipinski definition) is 2. The Balaban J connectivity index is 4.74. The van der Waals surface area contributed by atoms with Crippen LogP contribution in [-0.2, 0) is 9.59 Å². The average molecular weight is 271 g/mol. The third-order valence-electron chi connectivity index (χ3n) is 3.62. The fraction of sp³-hybridized carbons (Fsp3) is 0.867. The van der Waals surface area contributed by atoms with Crippen molar-refractivity contribution in [2.75, 3.05) is 0 Å². The number of nitrogens with zero attached hydrogens (tertiary/aromatic N) is 1. The number of carboxylic acid groups (broad SMARTS) is 1. The van der Waals surface area contributed by atoms with Crippen molar-refractivity contribution in [1.29, 1.82) is 0 Å². The summed E-state index contributed by atoms with van der Waals surface area (Å²) in [5.74, 6) is -1.08. The minimum atomic E-state index is -1.09. The van der Waals surface area contributed by atoms with Crippen LogP contribution >= 0.6 is 0 Å². The molecule has 4 heteroatoms. The van der Waals surface area contributed by atoms with Crippen LogP contribution in [0.4, 0.5) is 0 Å². The first-order valence-electron chi connectivity index (χ1n) is 7.30. The number of aliphatic carboxylic acids is 1. The number of carbonyl (C=O) groups is 2. The van der Waals surface area contributed by atoms with Crippen molar-refractivity contribution < 1.29 is 14.7 Å². The lowest BCUT2D eigenvalue weighted by molar-refractivity contribution is -0.160. The van der Waals surface area contributed by atoms with Crippen molar-refractivity contribution in [2.45, 2.75) is 84.7 Å². The zero-order chi connectivity index (χ0) is 15.1. The maximum Gasteiger partial charge on any atom is 0.329 e. The molecule has 0 aliphatic heterocycles. The summed E-state index contributed by atoms with van der Waals surface area (Å²) in [7, 11) is 0. The summed E-state index contributed by atoms with van der Waals surface area (Å²) in [6.45, 7) is 8.98. The van der Waals surface area contributed by atoms with Gasteiger partial charge in [0.05, 0.1) is 0 Å². The standard InChI is InChI=1S/C15H29NO3/c1-6-7-8-9-10-11-15(5,14(18)19)16(12(2)3)13(4)17/h12H,6-11H2,1-5H3,(H,18,19). The lowest BCUT2D eigenvalue weighted by Gasteiger charge is -2.40. The second-order valence-electron chi connectivity index (χ2n) is 5.73. The summed E-state index contributed by atoms with van der Waals surface area (Å²) in [6, 6.07) is -0.103. The molecule has 0 aliphatic carbocycles. The topological polar surface area (TPSA) is 57.6 Å². The molecule has 0 aromatic carbocycles. The molecule has 112 valence electrons. The maximum atomic E-state index is 11.7. The lowest BCUT2D eigenvalue weighted by atomic mass is 9.90. The SMILES string of the molecule is CCCCCCCC(C)(C(=O)O)N(C(C)=O)C(C)C. The molecule has 1 unspecified atom stereocenters. The van der Waals surface area contributed by atoms with Gasteiger partial charge in [-0.1, -0.05) is 39.0 Å². The molecule has 19 heavy (non-hydrogen) atoms. The van der Waals surface area contributed by atoms with Gasteiger partial charge in [-0.3, -0.25) is 4.79 Å². The highest BCUT2D eigenvalue weighted by Gasteiger charge is 2.41. The fourth-order valence-corrected chi connectivity index (χ4v) is 2.68. The van der Waals surface area contributed by atoms with Crippen molar-refractivity contribution in [3.8, 4) is 0 Å². The number of hydrogen-bond donors (Lipinski definition) is 1. The van der Waals surface area contributed by atoms with E-state index in [4.69, 9.17) is 0 Å². The van der Waals surface area contributed by atoms with Crippen LogP contribution in [0, 0.1) is 0 Å². The van der Waals surface area contributed by atoms with E-state index in [2.05, 4.69) is 6.92 Å². The summed E-state index contributed by atoms with van der Waals surface area (Å²) in [5, 5.41) is 9.51. The number of unbranched alkanes of at least 4 members (excludes halogenated alkanes) is 4. The van der Waals surface area contributed by atoms with E-state index in [1.54, 1.807) is 6.92 Å². The van der Waals surface area contributed by atoms with Crippen LogP contribution in [0.25, 0.3) is 0 Å². The van der Waals surface area contributed by atoms with E-state index in [9.17, 15) is 14.7 Å². The summed E-state index contributed by atoms with van der Waals surface area (Å²) in [4.78, 5) is 24.8. The molecule has 0 fully saturated rings. The van der Waals surface area contributed by atoms with Gasteiger partial charge in [0.25, 0.3) is 0 Å². The predicted molar refractivity (Wildman–Crippen MR) is 77.1 cm³/mol. The molecule has 0 aliphatic rings. The molecule has 1 atom stereocenters. The zero-order valence-electron chi connectivity index (χ0n) is 13.0. The van der Waals surface area contributed by atoms with E-state index in [0.717, 1.165) is 19.3 Å². The monoisotopic (exact) mass is 271 g/mol. The molecule has 0 aromatic rings. The highest BCUT2D eigenvalue weighted by molar-refractivity contribution is 5.85. The highest BCUT2D eigenvalue weighted by atomic mass is 16.4. The number of amides is 1. The van der Waals surface area contributed by atoms with Gasteiger partial charge in [0.2, 0.25) is 5.91 Å². The fourth-order valence-electron chi connectivity index (χ4n) is 2.68. The first kappa shape index (κ1) is 17.9. The first-order chi connectivity index (χ1) is 8.77. The molecule has 0 spiro atoms. The third-order valence-corrected chi connectivity index (χ3v) is 3.62. The van der Waals surface area contributed by atoms with Crippen LogP contribution in [0.5, 0.6) is 0 Å². The largest absolute Gasteiger partial charge is 0.480 e. The Hall–Kier alpha value is -1.06. The minimum absolute atomic E-state index is 0.103. The summed E-state index contributed by atoms with van der Waals surface area (Å²) < 4.78 is 0. The molecule has 0 bridgehead atoms. The van der Waals surface area contributed by atoms with Gasteiger partial charge in [-0.2, -0.15) is 0 Å². The Morgan fingerprint density at radius 3 is 2.05 bits per heavy atom. The van der Waals surface area contributed by atoms with E-state index >= 15 is 0 Å². The maximum absolute atomic E-state index is 11.7. The van der Waals surface area contributed by atoms with Crippen molar-refractivity contribution in [1.82, 2.24) is 4.90 Å². The van der Waals surface area contributed by atoms with Crippen molar-refractivity contribution in [3.63, 3.8) is 0 Å². The molecule has 0 saturated carbocycles. The van der Waals surface area contributed by atoms with Gasteiger partial charge >= 0.3 is 5.97 Å². The molecule has 1 amide bonds. The zero-order valence-corrected chi connectivity index (χ0v) is 13.0. The Morgan fingerprint density at radius 1 is 1.16 bits per heavy atom. The van der Waals surface area contributed by atoms with Crippen LogP contribution in [-0.4, -0.2) is 33.5 Å². The van der Waals surface area contributed by atoms with E-state index in [0.29, 0.717) is 6.42 Å². The summed E-state index contributed by atoms with van der Waals surface area (Å²) in [5.41, 5.74) is -1.09. The van der Waals surface area contributed by atoms with Crippen LogP contribution in [0.15, 0.2) is 0 Å². The van der Waals surface area contributed by atoms with Gasteiger partial charge in [-0.05, 0) is 27.2 Å². The van der Waals surface area contributed by atoms with Crippen molar-refractivity contribution in [2.24, 2.45) is 0 Å². The second-order valence-corrected chi connectivity index (χ2v) is 5.73. The number of carbonyl (C=O) groups excluding carboxylic acids is 1. The Bertz CT molecular complexity index is 302. The molecular formula is C15H29NO3. The molecule has 0 radical (unpaired) electrons. The van der Waals surface area contributed by atoms with Gasteiger partial charge < -0.3 is 10.0 Å². The van der Waals surface area contributed by atoms with E-state index in [1.807, 2.05) is 13.8 Å². The Kier molecular flexibility index (Phi) is 7.72. The van der Waals surface area contributed by atoms with Crippen LogP contribution in [0.3, 0.4) is 0 Å². The molecule has 1 N–H and O–H groups in total. The first-order valence-corrected chi connectivity index (χ1v) is 7.30. The van der Waals surface area contributed by atoms with Gasteiger partial charge in [0, 0.05) is 13.0 Å². The second kappa shape index (κ2) is 8.18. The van der Waals surface area contributed by atoms with Gasteiger partial charge in [-0.25, -0.2) is 4.79 Å². The van der Waals surface area contributed by atoms with E-state index in [-0.39, 0.29) is 11.9 Å². The average Bonchev–Trinajstić information content (AvgIpc) is 2.27. The van der Waals surface area contributed by atoms with E-state index in [1.165, 1.54) is 24.7 Å². The number of rotatable bonds is 9. The summed E-state index contributed by atoms with van der Waals surface area (Å²) >= 11 is 0. The van der Waals surface area contributed by atoms with Gasteiger partial charge in [0.1, 0.15) is 5.54 Å². The molecule has 4 nitrogen and oxygen atoms in total. The van der Waals surface area contributed by atoms with E-state index < -0.39 is 11.5 Å². The third kappa shape index (κ3) is 5.21. The summed E-state index contributed by atoms with van der Waals surface area (Å²) in [6.07, 6.45) is 5.88. The molecule has 0 aromatic heterocycles. The molecule has 0 saturated heterocycles. The highest BCUT2D eigenvalue weighted by Crippen LogP contribution is 2.26. The lowest BCUT2D eigenvalue weighted by Crippen LogP contribution is -2.57. The number of carboxylic acids is 1. The van der Waals surface area contributed by atoms with Crippen LogP contribution < -0.4 is 0 Å². The Morgan fingerprint density at radius 2 is 1.68 bits per heavy atom. The molecular weight excluding hydrogens is 242 g/mol.